The number of fused-ring (bicyclic) bond motifs is 2. The molecule has 5 aromatic carbocycles. The molecule has 0 aromatic heterocycles. The standard InChI is InChI=1S/C49H53ClO8/c1-6-52-41-25-22-35(23-26-41)28-39-29-40(24-27-42(39)50)49-45(55-32-38-20-14-9-15-21-38)43(53-30-36-16-10-7-11-17-36)44(54-31-37-18-12-8-13-19-37)48(58-49,33-56-49)34(2)57-46(51)47(3,4)5/h7-27,29,34,43-45H,6,28,30-33H2,1-5H3/t34?,43-,44-,45+,48+,49-/m0/s1. The summed E-state index contributed by atoms with van der Waals surface area (Å²) in [6, 6.07) is 43.7. The number of ether oxygens (including phenoxy) is 7. The van der Waals surface area contributed by atoms with Crippen molar-refractivity contribution in [3.05, 3.63) is 172 Å². The minimum Gasteiger partial charge on any atom is -0.494 e. The van der Waals surface area contributed by atoms with Gasteiger partial charge in [-0.05, 0) is 93.1 Å². The van der Waals surface area contributed by atoms with Gasteiger partial charge in [0.2, 0.25) is 5.79 Å². The Morgan fingerprint density at radius 2 is 1.29 bits per heavy atom. The molecule has 0 saturated carbocycles. The maximum atomic E-state index is 13.6. The summed E-state index contributed by atoms with van der Waals surface area (Å²) < 4.78 is 47.5. The summed E-state index contributed by atoms with van der Waals surface area (Å²) in [6.07, 6.45) is -2.73. The van der Waals surface area contributed by atoms with Gasteiger partial charge in [0.1, 0.15) is 30.2 Å². The molecule has 2 aliphatic heterocycles. The molecule has 7 rings (SSSR count). The first-order valence-corrected chi connectivity index (χ1v) is 20.4. The van der Waals surface area contributed by atoms with Gasteiger partial charge in [-0.25, -0.2) is 0 Å². The number of carbonyl (C=O) groups excluding carboxylic acids is 1. The molecule has 1 unspecified atom stereocenters. The molecule has 6 atom stereocenters. The molecule has 0 N–H and O–H groups in total. The fourth-order valence-corrected chi connectivity index (χ4v) is 7.77. The zero-order valence-electron chi connectivity index (χ0n) is 33.9. The number of rotatable bonds is 16. The second-order valence-electron chi connectivity index (χ2n) is 16.1. The van der Waals surface area contributed by atoms with Crippen molar-refractivity contribution in [2.45, 2.75) is 96.7 Å². The van der Waals surface area contributed by atoms with Crippen molar-refractivity contribution in [1.29, 1.82) is 0 Å². The molecular weight excluding hydrogens is 752 g/mol. The minimum absolute atomic E-state index is 0.0261. The number of hydrogen-bond donors (Lipinski definition) is 0. The highest BCUT2D eigenvalue weighted by Gasteiger charge is 2.72. The van der Waals surface area contributed by atoms with E-state index in [0.717, 1.165) is 33.6 Å². The molecule has 9 heteroatoms. The molecule has 2 heterocycles. The van der Waals surface area contributed by atoms with Crippen LogP contribution in [0.3, 0.4) is 0 Å². The quantitative estimate of drug-likeness (QED) is 0.0913. The summed E-state index contributed by atoms with van der Waals surface area (Å²) in [6.45, 7) is 10.7. The van der Waals surface area contributed by atoms with Gasteiger partial charge in [0.25, 0.3) is 0 Å². The Morgan fingerprint density at radius 3 is 1.84 bits per heavy atom. The van der Waals surface area contributed by atoms with E-state index in [4.69, 9.17) is 44.8 Å². The van der Waals surface area contributed by atoms with Gasteiger partial charge in [0.15, 0.2) is 5.60 Å². The van der Waals surface area contributed by atoms with E-state index >= 15 is 0 Å². The fourth-order valence-electron chi connectivity index (χ4n) is 7.59. The van der Waals surface area contributed by atoms with E-state index < -0.39 is 41.2 Å². The van der Waals surface area contributed by atoms with E-state index in [9.17, 15) is 4.79 Å². The van der Waals surface area contributed by atoms with Gasteiger partial charge in [-0.15, -0.1) is 0 Å². The van der Waals surface area contributed by atoms with Crippen molar-refractivity contribution in [2.24, 2.45) is 5.41 Å². The van der Waals surface area contributed by atoms with Crippen molar-refractivity contribution in [3.63, 3.8) is 0 Å². The van der Waals surface area contributed by atoms with Crippen LogP contribution >= 0.6 is 11.6 Å². The molecule has 5 aromatic rings. The highest BCUT2D eigenvalue weighted by atomic mass is 35.5. The fraction of sp³-hybridized carbons (Fsp3) is 0.367. The van der Waals surface area contributed by atoms with E-state index in [-0.39, 0.29) is 32.4 Å². The molecule has 0 spiro atoms. The third kappa shape index (κ3) is 9.18. The van der Waals surface area contributed by atoms with Crippen LogP contribution in [0.5, 0.6) is 5.75 Å². The highest BCUT2D eigenvalue weighted by Crippen LogP contribution is 2.55. The molecule has 0 amide bonds. The lowest BCUT2D eigenvalue weighted by Gasteiger charge is -2.52. The largest absolute Gasteiger partial charge is 0.494 e. The first kappa shape index (κ1) is 41.6. The Hall–Kier alpha value is -4.54. The van der Waals surface area contributed by atoms with Crippen LogP contribution < -0.4 is 4.74 Å². The van der Waals surface area contributed by atoms with Gasteiger partial charge in [0.05, 0.1) is 38.4 Å². The minimum atomic E-state index is -1.52. The number of carbonyl (C=O) groups is 1. The van der Waals surface area contributed by atoms with E-state index in [1.165, 1.54) is 0 Å². The first-order valence-electron chi connectivity index (χ1n) is 20.0. The van der Waals surface area contributed by atoms with Gasteiger partial charge in [0, 0.05) is 10.6 Å². The van der Waals surface area contributed by atoms with Crippen molar-refractivity contribution >= 4 is 17.6 Å². The molecule has 2 aliphatic rings. The Bertz CT molecular complexity index is 2090. The third-order valence-corrected chi connectivity index (χ3v) is 11.2. The highest BCUT2D eigenvalue weighted by molar-refractivity contribution is 6.31. The van der Waals surface area contributed by atoms with Crippen LogP contribution in [-0.2, 0) is 65.2 Å². The average Bonchev–Trinajstić information content (AvgIpc) is 3.60. The van der Waals surface area contributed by atoms with Crippen LogP contribution in [0.1, 0.15) is 68.0 Å². The van der Waals surface area contributed by atoms with Crippen LogP contribution in [0.4, 0.5) is 0 Å². The molecule has 304 valence electrons. The normalized spacial score (nSPS) is 23.3. The predicted octanol–water partition coefficient (Wildman–Crippen LogP) is 10.0. The van der Waals surface area contributed by atoms with Crippen LogP contribution in [0.2, 0.25) is 5.02 Å². The average molecular weight is 805 g/mol. The number of esters is 1. The molecule has 0 aliphatic carbocycles. The van der Waals surface area contributed by atoms with Crippen molar-refractivity contribution in [3.8, 4) is 5.75 Å². The number of halogens is 1. The molecule has 2 bridgehead atoms. The molecular formula is C49H53ClO8. The van der Waals surface area contributed by atoms with E-state index in [1.54, 1.807) is 0 Å². The Balaban J connectivity index is 1.35. The van der Waals surface area contributed by atoms with Crippen LogP contribution in [-0.4, -0.2) is 49.2 Å². The lowest BCUT2D eigenvalue weighted by molar-refractivity contribution is -0.360. The summed E-state index contributed by atoms with van der Waals surface area (Å²) in [5.41, 5.74) is 3.45. The Kier molecular flexibility index (Phi) is 13.0. The molecule has 2 saturated heterocycles. The summed E-state index contributed by atoms with van der Waals surface area (Å²) in [5, 5.41) is 0.601. The first-order chi connectivity index (χ1) is 28.0. The summed E-state index contributed by atoms with van der Waals surface area (Å²) in [4.78, 5) is 13.6. The molecule has 2 fully saturated rings. The van der Waals surface area contributed by atoms with Gasteiger partial charge in [-0.2, -0.15) is 0 Å². The van der Waals surface area contributed by atoms with Crippen LogP contribution in [0.15, 0.2) is 133 Å². The zero-order valence-corrected chi connectivity index (χ0v) is 34.7. The predicted molar refractivity (Wildman–Crippen MR) is 223 cm³/mol. The lowest BCUT2D eigenvalue weighted by atomic mass is 9.80. The van der Waals surface area contributed by atoms with Gasteiger partial charge < -0.3 is 33.2 Å². The Morgan fingerprint density at radius 1 is 0.741 bits per heavy atom. The maximum absolute atomic E-state index is 13.6. The second kappa shape index (κ2) is 18.2. The Labute approximate surface area is 347 Å². The monoisotopic (exact) mass is 804 g/mol. The smallest absolute Gasteiger partial charge is 0.311 e. The topological polar surface area (TPSA) is 81.7 Å². The maximum Gasteiger partial charge on any atom is 0.311 e. The zero-order chi connectivity index (χ0) is 40.8. The lowest BCUT2D eigenvalue weighted by Crippen LogP contribution is -2.69. The second-order valence-corrected chi connectivity index (χ2v) is 16.5. The summed E-state index contributed by atoms with van der Waals surface area (Å²) in [5.74, 6) is -1.09. The van der Waals surface area contributed by atoms with E-state index in [1.807, 2.05) is 168 Å². The van der Waals surface area contributed by atoms with Crippen LogP contribution in [0, 0.1) is 5.41 Å². The van der Waals surface area contributed by atoms with Gasteiger partial charge >= 0.3 is 5.97 Å². The van der Waals surface area contributed by atoms with Crippen LogP contribution in [0.25, 0.3) is 0 Å². The molecule has 8 nitrogen and oxygen atoms in total. The third-order valence-electron chi connectivity index (χ3n) is 10.8. The van der Waals surface area contributed by atoms with Gasteiger partial charge in [-0.1, -0.05) is 121 Å². The van der Waals surface area contributed by atoms with E-state index in [2.05, 4.69) is 0 Å². The summed E-state index contributed by atoms with van der Waals surface area (Å²) >= 11 is 6.95. The number of benzene rings is 5. The number of hydrogen-bond acceptors (Lipinski definition) is 8. The van der Waals surface area contributed by atoms with Crippen molar-refractivity contribution < 1.29 is 38.0 Å². The van der Waals surface area contributed by atoms with E-state index in [0.29, 0.717) is 23.6 Å². The van der Waals surface area contributed by atoms with Crippen molar-refractivity contribution in [1.82, 2.24) is 0 Å². The van der Waals surface area contributed by atoms with Crippen molar-refractivity contribution in [2.75, 3.05) is 13.2 Å². The molecule has 0 radical (unpaired) electrons. The molecule has 58 heavy (non-hydrogen) atoms. The van der Waals surface area contributed by atoms with Gasteiger partial charge in [-0.3, -0.25) is 4.79 Å². The SMILES string of the molecule is CCOc1ccc(Cc2cc([C@]34OC[C@](C(C)OC(=O)C(C)(C)C)(O3)[C@@H](OCc3ccccc3)[C@H](OCc3ccccc3)[C@H]4OCc3ccccc3)ccc2Cl)cc1. The summed E-state index contributed by atoms with van der Waals surface area (Å²) in [7, 11) is 0.